The summed E-state index contributed by atoms with van der Waals surface area (Å²) >= 11 is 0. The van der Waals surface area contributed by atoms with Crippen molar-refractivity contribution < 1.29 is 39.3 Å². The summed E-state index contributed by atoms with van der Waals surface area (Å²) in [4.78, 5) is 61.0. The van der Waals surface area contributed by atoms with Crippen LogP contribution >= 0.6 is 0 Å². The van der Waals surface area contributed by atoms with Crippen molar-refractivity contribution >= 4 is 29.6 Å². The fourth-order valence-corrected chi connectivity index (χ4v) is 3.28. The Kier molecular flexibility index (Phi) is 13.6. The number of primary amides is 1. The molecule has 1 aromatic rings. The van der Waals surface area contributed by atoms with Gasteiger partial charge in [0.1, 0.15) is 23.9 Å². The van der Waals surface area contributed by atoms with Gasteiger partial charge in [-0.05, 0) is 43.5 Å². The molecule has 0 aliphatic rings. The highest BCUT2D eigenvalue weighted by atomic mass is 16.4. The molecular formula is C23H36N6O8. The lowest BCUT2D eigenvalue weighted by atomic mass is 10.0. The van der Waals surface area contributed by atoms with Gasteiger partial charge in [-0.2, -0.15) is 0 Å². The molecule has 14 nitrogen and oxygen atoms in total. The van der Waals surface area contributed by atoms with Crippen LogP contribution in [0.15, 0.2) is 24.3 Å². The van der Waals surface area contributed by atoms with E-state index in [4.69, 9.17) is 22.3 Å². The van der Waals surface area contributed by atoms with Crippen LogP contribution in [-0.2, 0) is 30.4 Å². The van der Waals surface area contributed by atoms with Gasteiger partial charge in [-0.3, -0.25) is 19.2 Å². The molecule has 0 heterocycles. The van der Waals surface area contributed by atoms with E-state index in [1.807, 2.05) is 0 Å². The van der Waals surface area contributed by atoms with E-state index >= 15 is 0 Å². The lowest BCUT2D eigenvalue weighted by Gasteiger charge is -2.25. The van der Waals surface area contributed by atoms with Crippen molar-refractivity contribution in [3.8, 4) is 5.75 Å². The molecule has 206 valence electrons. The second kappa shape index (κ2) is 16.1. The molecule has 0 fully saturated rings. The van der Waals surface area contributed by atoms with Crippen molar-refractivity contribution in [1.82, 2.24) is 16.0 Å². The first kappa shape index (κ1) is 31.3. The van der Waals surface area contributed by atoms with Crippen LogP contribution in [0.5, 0.6) is 5.75 Å². The van der Waals surface area contributed by atoms with Gasteiger partial charge in [0.25, 0.3) is 0 Å². The number of rotatable bonds is 17. The molecule has 0 bridgehead atoms. The lowest BCUT2D eigenvalue weighted by molar-refractivity contribution is -0.143. The van der Waals surface area contributed by atoms with Gasteiger partial charge in [-0.15, -0.1) is 0 Å². The quantitative estimate of drug-likeness (QED) is 0.0944. The van der Waals surface area contributed by atoms with E-state index in [-0.39, 0.29) is 25.0 Å². The van der Waals surface area contributed by atoms with Gasteiger partial charge < -0.3 is 48.5 Å². The third-order valence-electron chi connectivity index (χ3n) is 5.42. The summed E-state index contributed by atoms with van der Waals surface area (Å²) in [5.41, 5.74) is 17.0. The molecule has 4 atom stereocenters. The number of carboxylic acids is 1. The van der Waals surface area contributed by atoms with Crippen LogP contribution in [0, 0.1) is 0 Å². The molecule has 0 aromatic heterocycles. The number of carboxylic acid groups (broad SMARTS) is 1. The number of nitrogens with one attached hydrogen (secondary N) is 3. The highest BCUT2D eigenvalue weighted by molar-refractivity contribution is 5.94. The summed E-state index contributed by atoms with van der Waals surface area (Å²) in [7, 11) is 0. The third kappa shape index (κ3) is 11.7. The fourth-order valence-electron chi connectivity index (χ4n) is 3.28. The maximum Gasteiger partial charge on any atom is 0.328 e. The highest BCUT2D eigenvalue weighted by Gasteiger charge is 2.30. The number of aliphatic carboxylic acids is 1. The summed E-state index contributed by atoms with van der Waals surface area (Å²) < 4.78 is 0. The van der Waals surface area contributed by atoms with E-state index in [0.717, 1.165) is 0 Å². The summed E-state index contributed by atoms with van der Waals surface area (Å²) in [6, 6.07) is 0.546. The van der Waals surface area contributed by atoms with E-state index in [9.17, 15) is 34.2 Å². The predicted octanol–water partition coefficient (Wildman–Crippen LogP) is -2.81. The number of carbonyl (C=O) groups is 5. The summed E-state index contributed by atoms with van der Waals surface area (Å²) in [6.45, 7) is -0.457. The van der Waals surface area contributed by atoms with E-state index < -0.39 is 60.4 Å². The van der Waals surface area contributed by atoms with E-state index in [1.54, 1.807) is 0 Å². The van der Waals surface area contributed by atoms with Gasteiger partial charge in [-0.1, -0.05) is 18.6 Å². The number of phenols is 1. The Hall–Kier alpha value is -3.75. The van der Waals surface area contributed by atoms with Crippen molar-refractivity contribution in [2.75, 3.05) is 13.2 Å². The number of nitrogens with two attached hydrogens (primary N) is 3. The molecule has 0 saturated heterocycles. The molecular weight excluding hydrogens is 488 g/mol. The molecule has 0 aliphatic carbocycles. The Balaban J connectivity index is 3.09. The Morgan fingerprint density at radius 2 is 1.41 bits per heavy atom. The number of aliphatic hydroxyl groups is 1. The van der Waals surface area contributed by atoms with Crippen molar-refractivity contribution in [2.24, 2.45) is 17.2 Å². The van der Waals surface area contributed by atoms with E-state index in [1.165, 1.54) is 24.3 Å². The van der Waals surface area contributed by atoms with Crippen LogP contribution in [0.3, 0.4) is 0 Å². The molecule has 4 unspecified atom stereocenters. The average molecular weight is 525 g/mol. The summed E-state index contributed by atoms with van der Waals surface area (Å²) in [5, 5.41) is 34.9. The largest absolute Gasteiger partial charge is 0.508 e. The van der Waals surface area contributed by atoms with Crippen LogP contribution in [-0.4, -0.2) is 82.2 Å². The topological polar surface area (TPSA) is 260 Å². The second-order valence-corrected chi connectivity index (χ2v) is 8.47. The average Bonchev–Trinajstić information content (AvgIpc) is 2.85. The minimum atomic E-state index is -1.62. The Morgan fingerprint density at radius 1 is 0.838 bits per heavy atom. The van der Waals surface area contributed by atoms with Crippen LogP contribution in [0.1, 0.15) is 37.7 Å². The first-order valence-electron chi connectivity index (χ1n) is 11.7. The lowest BCUT2D eigenvalue weighted by Crippen LogP contribution is -2.58. The molecule has 4 amide bonds. The SMILES string of the molecule is NCCCCC(N)C(=O)NC(CCC(N)=O)C(=O)NC(Cc1ccc(O)cc1)C(=O)NC(CO)C(=O)O. The first-order valence-corrected chi connectivity index (χ1v) is 11.7. The fraction of sp³-hybridized carbons (Fsp3) is 0.522. The standard InChI is InChI=1S/C23H36N6O8/c24-10-2-1-3-15(25)20(33)27-16(8-9-19(26)32)21(34)28-17(11-13-4-6-14(31)7-5-13)22(35)29-18(12-30)23(36)37/h4-7,15-18,30-31H,1-3,8-12,24-25H2,(H2,26,32)(H,27,33)(H,28,34)(H,29,35)(H,36,37). The highest BCUT2D eigenvalue weighted by Crippen LogP contribution is 2.12. The number of amides is 4. The van der Waals surface area contributed by atoms with Gasteiger partial charge in [0.2, 0.25) is 23.6 Å². The number of carbonyl (C=O) groups excluding carboxylic acids is 4. The van der Waals surface area contributed by atoms with Gasteiger partial charge in [0.15, 0.2) is 0 Å². The molecule has 1 rings (SSSR count). The normalized spacial score (nSPS) is 14.0. The third-order valence-corrected chi connectivity index (χ3v) is 5.42. The number of aromatic hydroxyl groups is 1. The van der Waals surface area contributed by atoms with Crippen LogP contribution < -0.4 is 33.2 Å². The Morgan fingerprint density at radius 3 is 1.95 bits per heavy atom. The van der Waals surface area contributed by atoms with Crippen LogP contribution in [0.25, 0.3) is 0 Å². The van der Waals surface area contributed by atoms with E-state index in [0.29, 0.717) is 31.4 Å². The molecule has 14 heteroatoms. The zero-order chi connectivity index (χ0) is 28.0. The summed E-state index contributed by atoms with van der Waals surface area (Å²) in [6.07, 6.45) is 1.02. The van der Waals surface area contributed by atoms with Crippen molar-refractivity contribution in [3.63, 3.8) is 0 Å². The molecule has 12 N–H and O–H groups in total. The predicted molar refractivity (Wildman–Crippen MR) is 132 cm³/mol. The van der Waals surface area contributed by atoms with Crippen molar-refractivity contribution in [2.45, 2.75) is 62.7 Å². The Bertz CT molecular complexity index is 926. The molecule has 37 heavy (non-hydrogen) atoms. The van der Waals surface area contributed by atoms with Crippen molar-refractivity contribution in [3.05, 3.63) is 29.8 Å². The zero-order valence-corrected chi connectivity index (χ0v) is 20.4. The smallest absolute Gasteiger partial charge is 0.328 e. The van der Waals surface area contributed by atoms with Gasteiger partial charge in [-0.25, -0.2) is 4.79 Å². The maximum absolute atomic E-state index is 13.1. The van der Waals surface area contributed by atoms with Crippen LogP contribution in [0.2, 0.25) is 0 Å². The number of unbranched alkanes of at least 4 members (excludes halogenated alkanes) is 1. The molecule has 0 spiro atoms. The van der Waals surface area contributed by atoms with E-state index in [2.05, 4.69) is 16.0 Å². The number of hydrogen-bond acceptors (Lipinski definition) is 9. The monoisotopic (exact) mass is 524 g/mol. The minimum absolute atomic E-state index is 0.0305. The molecule has 0 radical (unpaired) electrons. The number of hydrogen-bond donors (Lipinski definition) is 9. The molecule has 0 saturated carbocycles. The van der Waals surface area contributed by atoms with Gasteiger partial charge in [0.05, 0.1) is 12.6 Å². The van der Waals surface area contributed by atoms with Gasteiger partial charge >= 0.3 is 5.97 Å². The molecule has 0 aliphatic heterocycles. The zero-order valence-electron chi connectivity index (χ0n) is 20.4. The Labute approximate surface area is 213 Å². The number of aliphatic hydroxyl groups excluding tert-OH is 1. The molecule has 1 aromatic carbocycles. The van der Waals surface area contributed by atoms with Gasteiger partial charge in [0, 0.05) is 12.8 Å². The first-order chi connectivity index (χ1) is 17.5. The second-order valence-electron chi connectivity index (χ2n) is 8.47. The minimum Gasteiger partial charge on any atom is -0.508 e. The van der Waals surface area contributed by atoms with Crippen LogP contribution in [0.4, 0.5) is 0 Å². The van der Waals surface area contributed by atoms with Crippen molar-refractivity contribution in [1.29, 1.82) is 0 Å². The maximum atomic E-state index is 13.1. The number of benzene rings is 1. The summed E-state index contributed by atoms with van der Waals surface area (Å²) in [5.74, 6) is -4.63. The number of phenolic OH excluding ortho intramolecular Hbond substituents is 1.